The summed E-state index contributed by atoms with van der Waals surface area (Å²) in [6.45, 7) is 8.84. The Hall–Kier alpha value is -0.680. The highest BCUT2D eigenvalue weighted by Crippen LogP contribution is 2.12. The van der Waals surface area contributed by atoms with E-state index in [0.717, 1.165) is 44.2 Å². The number of ether oxygens (including phenoxy) is 1. The van der Waals surface area contributed by atoms with Gasteiger partial charge in [0.05, 0.1) is 5.69 Å². The fraction of sp³-hybridized carbons (Fsp3) is 0.786. The van der Waals surface area contributed by atoms with Gasteiger partial charge in [0.2, 0.25) is 5.95 Å². The molecule has 5 heteroatoms. The second-order valence-corrected chi connectivity index (χ2v) is 5.76. The summed E-state index contributed by atoms with van der Waals surface area (Å²) >= 11 is 1.89. The van der Waals surface area contributed by atoms with Crippen LogP contribution in [-0.2, 0) is 11.3 Å². The molecule has 0 saturated heterocycles. The van der Waals surface area contributed by atoms with E-state index < -0.39 is 0 Å². The number of anilines is 1. The Labute approximate surface area is 121 Å². The number of aryl methyl sites for hydroxylation is 2. The molecule has 1 aromatic heterocycles. The van der Waals surface area contributed by atoms with Gasteiger partial charge in [-0.1, -0.05) is 0 Å². The highest BCUT2D eigenvalue weighted by molar-refractivity contribution is 7.98. The number of rotatable bonds is 10. The third-order valence-corrected chi connectivity index (χ3v) is 3.56. The number of hydrogen-bond acceptors (Lipinski definition) is 4. The molecular weight excluding hydrogens is 258 g/mol. The number of hydrogen-bond donors (Lipinski definition) is 1. The maximum Gasteiger partial charge on any atom is 0.203 e. The molecule has 0 radical (unpaired) electrons. The molecular formula is C14H27N3OS. The van der Waals surface area contributed by atoms with Gasteiger partial charge in [0.15, 0.2) is 0 Å². The zero-order chi connectivity index (χ0) is 14.1. The van der Waals surface area contributed by atoms with Gasteiger partial charge in [-0.3, -0.25) is 0 Å². The Kier molecular flexibility index (Phi) is 7.98. The molecule has 0 aliphatic rings. The second-order valence-electron chi connectivity index (χ2n) is 4.78. The van der Waals surface area contributed by atoms with E-state index in [1.54, 1.807) is 0 Å². The first-order valence-electron chi connectivity index (χ1n) is 7.04. The minimum Gasteiger partial charge on any atom is -0.382 e. The normalized spacial score (nSPS) is 12.6. The van der Waals surface area contributed by atoms with Gasteiger partial charge < -0.3 is 14.6 Å². The van der Waals surface area contributed by atoms with Gasteiger partial charge in [-0.05, 0) is 45.6 Å². The third-order valence-electron chi connectivity index (χ3n) is 2.92. The first-order chi connectivity index (χ1) is 9.17. The van der Waals surface area contributed by atoms with Crippen molar-refractivity contribution in [2.75, 3.05) is 30.5 Å². The topological polar surface area (TPSA) is 39.1 Å². The highest BCUT2D eigenvalue weighted by Gasteiger charge is 2.08. The predicted octanol–water partition coefficient (Wildman–Crippen LogP) is 3.17. The lowest BCUT2D eigenvalue weighted by Crippen LogP contribution is -2.19. The molecule has 1 rings (SSSR count). The molecule has 0 fully saturated rings. The molecule has 1 N–H and O–H groups in total. The maximum atomic E-state index is 5.38. The van der Waals surface area contributed by atoms with Crippen molar-refractivity contribution in [3.63, 3.8) is 0 Å². The number of thioether (sulfide) groups is 1. The van der Waals surface area contributed by atoms with Crippen LogP contribution in [0.2, 0.25) is 0 Å². The first kappa shape index (κ1) is 16.4. The number of nitrogens with one attached hydrogen (secondary N) is 1. The standard InChI is InChI=1S/C14H27N3OS/c1-5-18-9-6-8-17-11-13(3)16-14(17)15-12(2)7-10-19-4/h11-12H,5-10H2,1-4H3,(H,15,16). The van der Waals surface area contributed by atoms with Crippen molar-refractivity contribution >= 4 is 17.7 Å². The van der Waals surface area contributed by atoms with Gasteiger partial charge in [-0.15, -0.1) is 0 Å². The Morgan fingerprint density at radius 2 is 2.32 bits per heavy atom. The smallest absolute Gasteiger partial charge is 0.203 e. The molecule has 1 aromatic rings. The molecule has 1 unspecified atom stereocenters. The first-order valence-corrected chi connectivity index (χ1v) is 8.43. The minimum absolute atomic E-state index is 0.458. The molecule has 0 aliphatic carbocycles. The Balaban J connectivity index is 2.47. The van der Waals surface area contributed by atoms with E-state index in [4.69, 9.17) is 4.74 Å². The molecule has 0 saturated carbocycles. The Morgan fingerprint density at radius 1 is 1.53 bits per heavy atom. The van der Waals surface area contributed by atoms with E-state index >= 15 is 0 Å². The monoisotopic (exact) mass is 285 g/mol. The van der Waals surface area contributed by atoms with Gasteiger partial charge in [0, 0.05) is 32.0 Å². The van der Waals surface area contributed by atoms with Crippen LogP contribution in [0, 0.1) is 6.92 Å². The van der Waals surface area contributed by atoms with Crippen LogP contribution in [0.5, 0.6) is 0 Å². The van der Waals surface area contributed by atoms with Crippen molar-refractivity contribution in [3.05, 3.63) is 11.9 Å². The predicted molar refractivity (Wildman–Crippen MR) is 84.2 cm³/mol. The molecule has 19 heavy (non-hydrogen) atoms. The summed E-state index contributed by atoms with van der Waals surface area (Å²) in [6.07, 6.45) is 6.44. The van der Waals surface area contributed by atoms with Gasteiger partial charge in [0.25, 0.3) is 0 Å². The van der Waals surface area contributed by atoms with Crippen LogP contribution < -0.4 is 5.32 Å². The fourth-order valence-electron chi connectivity index (χ4n) is 1.90. The number of imidazole rings is 1. The van der Waals surface area contributed by atoms with Crippen molar-refractivity contribution < 1.29 is 4.74 Å². The van der Waals surface area contributed by atoms with Gasteiger partial charge >= 0.3 is 0 Å². The molecule has 0 amide bonds. The van der Waals surface area contributed by atoms with Gasteiger partial charge in [0.1, 0.15) is 0 Å². The van der Waals surface area contributed by atoms with Gasteiger partial charge in [-0.2, -0.15) is 11.8 Å². The largest absolute Gasteiger partial charge is 0.382 e. The molecule has 110 valence electrons. The van der Waals surface area contributed by atoms with Crippen LogP contribution in [0.15, 0.2) is 6.20 Å². The molecule has 0 aromatic carbocycles. The highest BCUT2D eigenvalue weighted by atomic mass is 32.2. The van der Waals surface area contributed by atoms with E-state index in [1.807, 2.05) is 25.6 Å². The summed E-state index contributed by atoms with van der Waals surface area (Å²) in [6, 6.07) is 0.458. The van der Waals surface area contributed by atoms with Crippen molar-refractivity contribution in [1.82, 2.24) is 9.55 Å². The van der Waals surface area contributed by atoms with Crippen LogP contribution in [0.4, 0.5) is 5.95 Å². The lowest BCUT2D eigenvalue weighted by atomic mass is 10.3. The molecule has 0 spiro atoms. The Morgan fingerprint density at radius 3 is 3.00 bits per heavy atom. The van der Waals surface area contributed by atoms with Crippen LogP contribution in [0.25, 0.3) is 0 Å². The van der Waals surface area contributed by atoms with Crippen LogP contribution >= 0.6 is 11.8 Å². The summed E-state index contributed by atoms with van der Waals surface area (Å²) in [4.78, 5) is 4.56. The van der Waals surface area contributed by atoms with E-state index in [0.29, 0.717) is 6.04 Å². The van der Waals surface area contributed by atoms with Crippen LogP contribution in [0.3, 0.4) is 0 Å². The molecule has 0 bridgehead atoms. The van der Waals surface area contributed by atoms with E-state index in [9.17, 15) is 0 Å². The van der Waals surface area contributed by atoms with Crippen molar-refractivity contribution in [2.45, 2.75) is 46.2 Å². The van der Waals surface area contributed by atoms with Crippen molar-refractivity contribution in [1.29, 1.82) is 0 Å². The molecule has 1 atom stereocenters. The SMILES string of the molecule is CCOCCCn1cc(C)nc1NC(C)CCSC. The fourth-order valence-corrected chi connectivity index (χ4v) is 2.49. The minimum atomic E-state index is 0.458. The number of aromatic nitrogens is 2. The molecule has 0 aliphatic heterocycles. The summed E-state index contributed by atoms with van der Waals surface area (Å²) < 4.78 is 7.58. The lowest BCUT2D eigenvalue weighted by molar-refractivity contribution is 0.142. The molecule has 1 heterocycles. The van der Waals surface area contributed by atoms with Crippen molar-refractivity contribution in [3.8, 4) is 0 Å². The van der Waals surface area contributed by atoms with Gasteiger partial charge in [-0.25, -0.2) is 4.98 Å². The maximum absolute atomic E-state index is 5.38. The Bertz CT molecular complexity index is 354. The average Bonchev–Trinajstić information content (AvgIpc) is 2.72. The second kappa shape index (κ2) is 9.26. The lowest BCUT2D eigenvalue weighted by Gasteiger charge is -2.15. The summed E-state index contributed by atoms with van der Waals surface area (Å²) in [7, 11) is 0. The summed E-state index contributed by atoms with van der Waals surface area (Å²) in [5.41, 5.74) is 1.07. The number of nitrogens with zero attached hydrogens (tertiary/aromatic N) is 2. The third kappa shape index (κ3) is 6.34. The summed E-state index contributed by atoms with van der Waals surface area (Å²) in [5, 5.41) is 3.50. The molecule has 4 nitrogen and oxygen atoms in total. The van der Waals surface area contributed by atoms with Crippen molar-refractivity contribution in [2.24, 2.45) is 0 Å². The zero-order valence-corrected chi connectivity index (χ0v) is 13.4. The van der Waals surface area contributed by atoms with Crippen LogP contribution in [-0.4, -0.2) is 40.8 Å². The summed E-state index contributed by atoms with van der Waals surface area (Å²) in [5.74, 6) is 2.17. The van der Waals surface area contributed by atoms with E-state index in [1.165, 1.54) is 5.75 Å². The van der Waals surface area contributed by atoms with Crippen LogP contribution in [0.1, 0.15) is 32.4 Å². The van der Waals surface area contributed by atoms with E-state index in [-0.39, 0.29) is 0 Å². The van der Waals surface area contributed by atoms with E-state index in [2.05, 4.69) is 34.2 Å². The average molecular weight is 285 g/mol. The quantitative estimate of drug-likeness (QED) is 0.670. The zero-order valence-electron chi connectivity index (χ0n) is 12.6.